The summed E-state index contributed by atoms with van der Waals surface area (Å²) in [6.45, 7) is 0. The zero-order valence-electron chi connectivity index (χ0n) is 11.1. The Balaban J connectivity index is 2.03. The van der Waals surface area contributed by atoms with E-state index in [9.17, 15) is 19.5 Å². The summed E-state index contributed by atoms with van der Waals surface area (Å²) in [5.41, 5.74) is 0.349. The van der Waals surface area contributed by atoms with Gasteiger partial charge in [-0.2, -0.15) is 0 Å². The van der Waals surface area contributed by atoms with E-state index in [0.717, 1.165) is 12.1 Å². The van der Waals surface area contributed by atoms with Gasteiger partial charge in [0.15, 0.2) is 0 Å². The molecule has 0 saturated heterocycles. The van der Waals surface area contributed by atoms with Crippen LogP contribution in [0.25, 0.3) is 0 Å². The summed E-state index contributed by atoms with van der Waals surface area (Å²) in [6, 6.07) is 9.46. The van der Waals surface area contributed by atoms with Gasteiger partial charge < -0.3 is 14.9 Å². The van der Waals surface area contributed by atoms with Gasteiger partial charge in [-0.15, -0.1) is 0 Å². The SMILES string of the molecule is O=Cc1ccc(OC(=O)Nc2ccc(C(=O)O)c(O)c2)cc1. The molecule has 0 saturated carbocycles. The number of benzene rings is 2. The Kier molecular flexibility index (Phi) is 4.38. The molecule has 0 spiro atoms. The number of phenols is 1. The molecule has 7 nitrogen and oxygen atoms in total. The summed E-state index contributed by atoms with van der Waals surface area (Å²) in [7, 11) is 0. The van der Waals surface area contributed by atoms with E-state index in [1.54, 1.807) is 0 Å². The zero-order valence-corrected chi connectivity index (χ0v) is 11.1. The Morgan fingerprint density at radius 2 is 1.77 bits per heavy atom. The molecule has 112 valence electrons. The fourth-order valence-corrected chi connectivity index (χ4v) is 1.66. The molecule has 0 aliphatic carbocycles. The summed E-state index contributed by atoms with van der Waals surface area (Å²) in [4.78, 5) is 32.9. The van der Waals surface area contributed by atoms with Gasteiger partial charge >= 0.3 is 12.1 Å². The number of aromatic hydroxyl groups is 1. The fraction of sp³-hybridized carbons (Fsp3) is 0. The van der Waals surface area contributed by atoms with Crippen LogP contribution in [0.5, 0.6) is 11.5 Å². The lowest BCUT2D eigenvalue weighted by atomic mass is 10.2. The normalized spacial score (nSPS) is 9.82. The van der Waals surface area contributed by atoms with E-state index in [1.807, 2.05) is 0 Å². The molecule has 0 aliphatic rings. The molecule has 0 fully saturated rings. The molecule has 2 aromatic carbocycles. The monoisotopic (exact) mass is 301 g/mol. The third-order valence-electron chi connectivity index (χ3n) is 2.70. The number of carbonyl (C=O) groups is 3. The number of carboxylic acids is 1. The van der Waals surface area contributed by atoms with Crippen molar-refractivity contribution >= 4 is 24.0 Å². The molecule has 0 bridgehead atoms. The molecule has 1 amide bonds. The predicted molar refractivity (Wildman–Crippen MR) is 76.5 cm³/mol. The van der Waals surface area contributed by atoms with E-state index in [4.69, 9.17) is 9.84 Å². The quantitative estimate of drug-likeness (QED) is 0.748. The second kappa shape index (κ2) is 6.40. The van der Waals surface area contributed by atoms with E-state index in [2.05, 4.69) is 5.32 Å². The van der Waals surface area contributed by atoms with Crippen molar-refractivity contribution in [2.24, 2.45) is 0 Å². The van der Waals surface area contributed by atoms with Crippen molar-refractivity contribution in [3.05, 3.63) is 53.6 Å². The van der Waals surface area contributed by atoms with Crippen LogP contribution >= 0.6 is 0 Å². The summed E-state index contributed by atoms with van der Waals surface area (Å²) in [6.07, 6.45) is -0.155. The van der Waals surface area contributed by atoms with Crippen molar-refractivity contribution < 1.29 is 29.3 Å². The van der Waals surface area contributed by atoms with E-state index in [-0.39, 0.29) is 17.0 Å². The Morgan fingerprint density at radius 1 is 1.09 bits per heavy atom. The molecule has 0 aliphatic heterocycles. The van der Waals surface area contributed by atoms with Crippen molar-refractivity contribution in [3.63, 3.8) is 0 Å². The first-order valence-corrected chi connectivity index (χ1v) is 6.10. The van der Waals surface area contributed by atoms with Crippen molar-refractivity contribution in [2.75, 3.05) is 5.32 Å². The molecule has 7 heteroatoms. The van der Waals surface area contributed by atoms with Crippen LogP contribution < -0.4 is 10.1 Å². The molecule has 0 unspecified atom stereocenters. The van der Waals surface area contributed by atoms with Crippen LogP contribution in [-0.2, 0) is 0 Å². The summed E-state index contributed by atoms with van der Waals surface area (Å²) in [5.74, 6) is -1.52. The summed E-state index contributed by atoms with van der Waals surface area (Å²) >= 11 is 0. The second-order valence-corrected chi connectivity index (χ2v) is 4.24. The maximum absolute atomic E-state index is 11.7. The maximum atomic E-state index is 11.7. The van der Waals surface area contributed by atoms with Crippen molar-refractivity contribution in [2.45, 2.75) is 0 Å². The number of rotatable bonds is 4. The van der Waals surface area contributed by atoms with Crippen LogP contribution in [0.15, 0.2) is 42.5 Å². The lowest BCUT2D eigenvalue weighted by molar-refractivity contribution is 0.0693. The molecule has 2 aromatic rings. The van der Waals surface area contributed by atoms with Gasteiger partial charge in [0, 0.05) is 17.3 Å². The third kappa shape index (κ3) is 3.60. The smallest absolute Gasteiger partial charge is 0.417 e. The van der Waals surface area contributed by atoms with Crippen LogP contribution in [0.2, 0.25) is 0 Å². The molecule has 22 heavy (non-hydrogen) atoms. The average Bonchev–Trinajstić information content (AvgIpc) is 2.47. The number of carbonyl (C=O) groups excluding carboxylic acids is 2. The van der Waals surface area contributed by atoms with Gasteiger partial charge in [-0.3, -0.25) is 10.1 Å². The standard InChI is InChI=1S/C15H11NO6/c17-8-9-1-4-11(5-2-9)22-15(21)16-10-3-6-12(14(19)20)13(18)7-10/h1-8,18H,(H,16,21)(H,19,20). The Labute approximate surface area is 124 Å². The van der Waals surface area contributed by atoms with Gasteiger partial charge in [0.1, 0.15) is 23.3 Å². The van der Waals surface area contributed by atoms with Gasteiger partial charge in [0.25, 0.3) is 0 Å². The van der Waals surface area contributed by atoms with E-state index in [1.165, 1.54) is 30.3 Å². The topological polar surface area (TPSA) is 113 Å². The first-order chi connectivity index (χ1) is 10.5. The minimum atomic E-state index is -1.28. The summed E-state index contributed by atoms with van der Waals surface area (Å²) in [5, 5.41) is 20.6. The Hall–Kier alpha value is -3.35. The van der Waals surface area contributed by atoms with Crippen molar-refractivity contribution in [1.29, 1.82) is 0 Å². The zero-order chi connectivity index (χ0) is 16.1. The number of amides is 1. The minimum Gasteiger partial charge on any atom is -0.507 e. The Bertz CT molecular complexity index is 723. The van der Waals surface area contributed by atoms with Gasteiger partial charge in [0.2, 0.25) is 0 Å². The first kappa shape index (κ1) is 15.0. The highest BCUT2D eigenvalue weighted by atomic mass is 16.6. The molecular formula is C15H11NO6. The van der Waals surface area contributed by atoms with Gasteiger partial charge in [-0.05, 0) is 36.4 Å². The van der Waals surface area contributed by atoms with Crippen LogP contribution in [0.3, 0.4) is 0 Å². The minimum absolute atomic E-state index is 0.178. The maximum Gasteiger partial charge on any atom is 0.417 e. The number of aromatic carboxylic acids is 1. The second-order valence-electron chi connectivity index (χ2n) is 4.24. The highest BCUT2D eigenvalue weighted by Crippen LogP contribution is 2.22. The van der Waals surface area contributed by atoms with Crippen LogP contribution in [0.1, 0.15) is 20.7 Å². The highest BCUT2D eigenvalue weighted by molar-refractivity contribution is 5.93. The number of ether oxygens (including phenoxy) is 1. The molecular weight excluding hydrogens is 290 g/mol. The lowest BCUT2D eigenvalue weighted by Gasteiger charge is -2.08. The largest absolute Gasteiger partial charge is 0.507 e. The lowest BCUT2D eigenvalue weighted by Crippen LogP contribution is -2.16. The highest BCUT2D eigenvalue weighted by Gasteiger charge is 2.11. The van der Waals surface area contributed by atoms with Crippen molar-refractivity contribution in [3.8, 4) is 11.5 Å². The van der Waals surface area contributed by atoms with E-state index >= 15 is 0 Å². The molecule has 3 N–H and O–H groups in total. The van der Waals surface area contributed by atoms with Crippen molar-refractivity contribution in [1.82, 2.24) is 0 Å². The van der Waals surface area contributed by atoms with Crippen LogP contribution in [-0.4, -0.2) is 28.6 Å². The predicted octanol–water partition coefficient (Wildman–Crippen LogP) is 2.51. The number of carboxylic acid groups (broad SMARTS) is 1. The van der Waals surface area contributed by atoms with E-state index in [0.29, 0.717) is 11.8 Å². The average molecular weight is 301 g/mol. The van der Waals surface area contributed by atoms with Crippen LogP contribution in [0, 0.1) is 0 Å². The molecule has 0 atom stereocenters. The first-order valence-electron chi connectivity index (χ1n) is 6.10. The fourth-order valence-electron chi connectivity index (χ4n) is 1.66. The van der Waals surface area contributed by atoms with Crippen LogP contribution in [0.4, 0.5) is 10.5 Å². The Morgan fingerprint density at radius 3 is 2.32 bits per heavy atom. The number of hydrogen-bond donors (Lipinski definition) is 3. The molecule has 0 heterocycles. The number of hydrogen-bond acceptors (Lipinski definition) is 5. The van der Waals surface area contributed by atoms with Gasteiger partial charge in [-0.25, -0.2) is 9.59 Å². The number of nitrogens with one attached hydrogen (secondary N) is 1. The molecule has 0 aromatic heterocycles. The summed E-state index contributed by atoms with van der Waals surface area (Å²) < 4.78 is 4.97. The van der Waals surface area contributed by atoms with Gasteiger partial charge in [-0.1, -0.05) is 0 Å². The van der Waals surface area contributed by atoms with Gasteiger partial charge in [0.05, 0.1) is 0 Å². The molecule has 0 radical (unpaired) electrons. The van der Waals surface area contributed by atoms with E-state index < -0.39 is 17.8 Å². The molecule has 2 rings (SSSR count). The third-order valence-corrected chi connectivity index (χ3v) is 2.70. The number of aldehydes is 1. The number of anilines is 1.